The average Bonchev–Trinajstić information content (AvgIpc) is 2.79. The lowest BCUT2D eigenvalue weighted by Gasteiger charge is -2.19. The Morgan fingerprint density at radius 3 is 2.94 bits per heavy atom. The van der Waals surface area contributed by atoms with Crippen LogP contribution in [0, 0.1) is 11.7 Å². The quantitative estimate of drug-likeness (QED) is 0.838. The third-order valence-electron chi connectivity index (χ3n) is 3.36. The standard InChI is InChI=1S/C13H14BrClFNO/c14-7-9-2-1-3-12(9)17-13(18)8-4-5-10(15)11(16)6-8/h4-6,9,12H,1-3,7H2,(H,17,18). The van der Waals surface area contributed by atoms with Crippen LogP contribution in [-0.4, -0.2) is 17.3 Å². The van der Waals surface area contributed by atoms with Crippen LogP contribution in [0.25, 0.3) is 0 Å². The predicted molar refractivity (Wildman–Crippen MR) is 73.8 cm³/mol. The van der Waals surface area contributed by atoms with Gasteiger partial charge >= 0.3 is 0 Å². The molecule has 98 valence electrons. The molecule has 1 N–H and O–H groups in total. The van der Waals surface area contributed by atoms with E-state index in [0.29, 0.717) is 11.5 Å². The van der Waals surface area contributed by atoms with Crippen molar-refractivity contribution in [2.45, 2.75) is 25.3 Å². The van der Waals surface area contributed by atoms with Crippen molar-refractivity contribution in [3.63, 3.8) is 0 Å². The Bertz CT molecular complexity index is 455. The van der Waals surface area contributed by atoms with E-state index in [1.54, 1.807) is 6.07 Å². The minimum Gasteiger partial charge on any atom is -0.349 e. The average molecular weight is 335 g/mol. The number of hydrogen-bond donors (Lipinski definition) is 1. The highest BCUT2D eigenvalue weighted by Crippen LogP contribution is 2.27. The maximum Gasteiger partial charge on any atom is 0.251 e. The molecule has 1 aliphatic rings. The SMILES string of the molecule is O=C(NC1CCCC1CBr)c1ccc(Cl)c(F)c1. The second kappa shape index (κ2) is 6.02. The number of benzene rings is 1. The summed E-state index contributed by atoms with van der Waals surface area (Å²) >= 11 is 9.04. The van der Waals surface area contributed by atoms with Crippen molar-refractivity contribution < 1.29 is 9.18 Å². The molecule has 2 rings (SSSR count). The fraction of sp³-hybridized carbons (Fsp3) is 0.462. The van der Waals surface area contributed by atoms with E-state index in [0.717, 1.165) is 24.6 Å². The number of nitrogens with one attached hydrogen (secondary N) is 1. The summed E-state index contributed by atoms with van der Waals surface area (Å²) in [5.41, 5.74) is 0.317. The van der Waals surface area contributed by atoms with E-state index in [1.165, 1.54) is 12.1 Å². The lowest BCUT2D eigenvalue weighted by molar-refractivity contribution is 0.0930. The van der Waals surface area contributed by atoms with E-state index in [4.69, 9.17) is 11.6 Å². The van der Waals surface area contributed by atoms with Gasteiger partial charge in [-0.1, -0.05) is 34.0 Å². The van der Waals surface area contributed by atoms with Gasteiger partial charge in [0.15, 0.2) is 0 Å². The van der Waals surface area contributed by atoms with Crippen LogP contribution in [0.3, 0.4) is 0 Å². The maximum absolute atomic E-state index is 13.3. The summed E-state index contributed by atoms with van der Waals surface area (Å²) in [5.74, 6) is -0.331. The van der Waals surface area contributed by atoms with Crippen LogP contribution in [0.1, 0.15) is 29.6 Å². The molecule has 2 nitrogen and oxygen atoms in total. The van der Waals surface area contributed by atoms with Gasteiger partial charge in [-0.15, -0.1) is 0 Å². The highest BCUT2D eigenvalue weighted by molar-refractivity contribution is 9.09. The monoisotopic (exact) mass is 333 g/mol. The first-order valence-electron chi connectivity index (χ1n) is 5.93. The minimum atomic E-state index is -0.562. The molecule has 0 bridgehead atoms. The van der Waals surface area contributed by atoms with E-state index >= 15 is 0 Å². The van der Waals surface area contributed by atoms with E-state index in [2.05, 4.69) is 21.2 Å². The van der Waals surface area contributed by atoms with Gasteiger partial charge in [-0.25, -0.2) is 4.39 Å². The molecule has 2 atom stereocenters. The fourth-order valence-electron chi connectivity index (χ4n) is 2.30. The smallest absolute Gasteiger partial charge is 0.251 e. The van der Waals surface area contributed by atoms with Crippen molar-refractivity contribution >= 4 is 33.4 Å². The minimum absolute atomic E-state index is 0.0331. The molecular weight excluding hydrogens is 321 g/mol. The summed E-state index contributed by atoms with van der Waals surface area (Å²) in [5, 5.41) is 3.88. The molecule has 0 aliphatic heterocycles. The van der Waals surface area contributed by atoms with Gasteiger partial charge in [-0.05, 0) is 37.0 Å². The highest BCUT2D eigenvalue weighted by atomic mass is 79.9. The molecule has 2 unspecified atom stereocenters. The van der Waals surface area contributed by atoms with E-state index in [-0.39, 0.29) is 17.0 Å². The number of rotatable bonds is 3. The number of hydrogen-bond acceptors (Lipinski definition) is 1. The number of alkyl halides is 1. The van der Waals surface area contributed by atoms with Gasteiger partial charge in [0.25, 0.3) is 5.91 Å². The molecule has 0 heterocycles. The van der Waals surface area contributed by atoms with Crippen LogP contribution in [0.15, 0.2) is 18.2 Å². The van der Waals surface area contributed by atoms with Gasteiger partial charge in [0.05, 0.1) is 5.02 Å². The molecule has 5 heteroatoms. The molecule has 1 aliphatic carbocycles. The molecule has 1 amide bonds. The van der Waals surface area contributed by atoms with Crippen LogP contribution in [-0.2, 0) is 0 Å². The van der Waals surface area contributed by atoms with E-state index < -0.39 is 5.82 Å². The van der Waals surface area contributed by atoms with Gasteiger partial charge in [0, 0.05) is 16.9 Å². The largest absolute Gasteiger partial charge is 0.349 e. The van der Waals surface area contributed by atoms with Crippen LogP contribution >= 0.6 is 27.5 Å². The lowest BCUT2D eigenvalue weighted by atomic mass is 10.1. The van der Waals surface area contributed by atoms with Crippen LogP contribution in [0.5, 0.6) is 0 Å². The molecule has 0 aromatic heterocycles. The molecule has 1 saturated carbocycles. The van der Waals surface area contributed by atoms with Gasteiger partial charge in [0.1, 0.15) is 5.82 Å². The van der Waals surface area contributed by atoms with Crippen LogP contribution in [0.4, 0.5) is 4.39 Å². The summed E-state index contributed by atoms with van der Waals surface area (Å²) in [6.07, 6.45) is 3.22. The molecule has 0 saturated heterocycles. The van der Waals surface area contributed by atoms with Crippen molar-refractivity contribution in [1.82, 2.24) is 5.32 Å². The van der Waals surface area contributed by atoms with E-state index in [9.17, 15) is 9.18 Å². The summed E-state index contributed by atoms with van der Waals surface area (Å²) in [6, 6.07) is 4.30. The Labute approximate surface area is 119 Å². The number of carbonyl (C=O) groups excluding carboxylic acids is 1. The van der Waals surface area contributed by atoms with E-state index in [1.807, 2.05) is 0 Å². The first kappa shape index (κ1) is 13.8. The van der Waals surface area contributed by atoms with Crippen molar-refractivity contribution in [2.75, 3.05) is 5.33 Å². The highest BCUT2D eigenvalue weighted by Gasteiger charge is 2.27. The third-order valence-corrected chi connectivity index (χ3v) is 4.49. The first-order chi connectivity index (χ1) is 8.61. The van der Waals surface area contributed by atoms with Gasteiger partial charge < -0.3 is 5.32 Å². The fourth-order valence-corrected chi connectivity index (χ4v) is 3.19. The third kappa shape index (κ3) is 3.04. The van der Waals surface area contributed by atoms with Gasteiger partial charge in [0.2, 0.25) is 0 Å². The zero-order chi connectivity index (χ0) is 13.1. The summed E-state index contributed by atoms with van der Waals surface area (Å²) in [6.45, 7) is 0. The predicted octanol–water partition coefficient (Wildman–Crippen LogP) is 3.77. The summed E-state index contributed by atoms with van der Waals surface area (Å²) in [4.78, 5) is 12.0. The van der Waals surface area contributed by atoms with Crippen molar-refractivity contribution in [3.8, 4) is 0 Å². The Kier molecular flexibility index (Phi) is 4.62. The van der Waals surface area contributed by atoms with Crippen molar-refractivity contribution in [2.24, 2.45) is 5.92 Å². The Morgan fingerprint density at radius 2 is 2.28 bits per heavy atom. The maximum atomic E-state index is 13.3. The Hall–Kier alpha value is -0.610. The first-order valence-corrected chi connectivity index (χ1v) is 7.43. The zero-order valence-corrected chi connectivity index (χ0v) is 12.1. The molecule has 1 aromatic carbocycles. The second-order valence-electron chi connectivity index (χ2n) is 4.55. The molecular formula is C13H14BrClFNO. The van der Waals surface area contributed by atoms with Crippen LogP contribution in [0.2, 0.25) is 5.02 Å². The number of amides is 1. The molecule has 0 spiro atoms. The van der Waals surface area contributed by atoms with Crippen LogP contribution < -0.4 is 5.32 Å². The van der Waals surface area contributed by atoms with Crippen molar-refractivity contribution in [1.29, 1.82) is 0 Å². The Morgan fingerprint density at radius 1 is 1.50 bits per heavy atom. The molecule has 0 radical (unpaired) electrons. The summed E-state index contributed by atoms with van der Waals surface area (Å²) in [7, 11) is 0. The molecule has 1 fully saturated rings. The normalized spacial score (nSPS) is 23.1. The number of halogens is 3. The van der Waals surface area contributed by atoms with Gasteiger partial charge in [-0.3, -0.25) is 4.79 Å². The van der Waals surface area contributed by atoms with Gasteiger partial charge in [-0.2, -0.15) is 0 Å². The molecule has 1 aromatic rings. The lowest BCUT2D eigenvalue weighted by Crippen LogP contribution is -2.37. The second-order valence-corrected chi connectivity index (χ2v) is 5.61. The zero-order valence-electron chi connectivity index (χ0n) is 9.76. The van der Waals surface area contributed by atoms with Crippen molar-refractivity contribution in [3.05, 3.63) is 34.6 Å². The number of carbonyl (C=O) groups is 1. The summed E-state index contributed by atoms with van der Waals surface area (Å²) < 4.78 is 13.3. The topological polar surface area (TPSA) is 29.1 Å². The molecule has 18 heavy (non-hydrogen) atoms. The Balaban J connectivity index is 2.05.